The normalized spacial score (nSPS) is 20.0. The van der Waals surface area contributed by atoms with E-state index in [0.29, 0.717) is 0 Å². The summed E-state index contributed by atoms with van der Waals surface area (Å²) in [6.07, 6.45) is -0.186. The lowest BCUT2D eigenvalue weighted by molar-refractivity contribution is -0.0453. The highest BCUT2D eigenvalue weighted by atomic mass is 79.9. The lowest BCUT2D eigenvalue weighted by Crippen LogP contribution is -2.73. The number of carbonyl (C=O) groups is 1. The SMILES string of the molecule is CC(C)(C)OC(=O)N1CC2(C1)CN(c1cccc(Br)c1)C2. The Morgan fingerprint density at radius 1 is 1.24 bits per heavy atom. The molecule has 0 saturated carbocycles. The van der Waals surface area contributed by atoms with E-state index >= 15 is 0 Å². The summed E-state index contributed by atoms with van der Waals surface area (Å²) in [7, 11) is 0. The Hall–Kier alpha value is -1.23. The van der Waals surface area contributed by atoms with Crippen molar-refractivity contribution in [2.45, 2.75) is 26.4 Å². The number of benzene rings is 1. The topological polar surface area (TPSA) is 32.8 Å². The number of amides is 1. The molecule has 0 aliphatic carbocycles. The van der Waals surface area contributed by atoms with Gasteiger partial charge < -0.3 is 14.5 Å². The molecule has 2 aliphatic heterocycles. The van der Waals surface area contributed by atoms with Gasteiger partial charge >= 0.3 is 6.09 Å². The molecule has 4 nitrogen and oxygen atoms in total. The van der Waals surface area contributed by atoms with Gasteiger partial charge in [-0.05, 0) is 39.0 Å². The predicted molar refractivity (Wildman–Crippen MR) is 86.6 cm³/mol. The highest BCUT2D eigenvalue weighted by molar-refractivity contribution is 9.10. The molecule has 2 aliphatic rings. The van der Waals surface area contributed by atoms with E-state index in [1.54, 1.807) is 0 Å². The van der Waals surface area contributed by atoms with Crippen LogP contribution in [0.15, 0.2) is 28.7 Å². The number of ether oxygens (including phenoxy) is 1. The summed E-state index contributed by atoms with van der Waals surface area (Å²) in [5.41, 5.74) is 1.10. The second-order valence-corrected chi connectivity index (χ2v) is 8.09. The number of nitrogens with zero attached hydrogens (tertiary/aromatic N) is 2. The van der Waals surface area contributed by atoms with Crippen LogP contribution in [0.2, 0.25) is 0 Å². The van der Waals surface area contributed by atoms with Gasteiger partial charge in [-0.25, -0.2) is 4.79 Å². The van der Waals surface area contributed by atoms with Gasteiger partial charge in [-0.15, -0.1) is 0 Å². The van der Waals surface area contributed by atoms with Crippen LogP contribution in [0.5, 0.6) is 0 Å². The first-order chi connectivity index (χ1) is 9.76. The van der Waals surface area contributed by atoms with Gasteiger partial charge in [0.05, 0.1) is 0 Å². The predicted octanol–water partition coefficient (Wildman–Crippen LogP) is 3.51. The summed E-state index contributed by atoms with van der Waals surface area (Å²) in [5, 5.41) is 0. The molecular formula is C16H21BrN2O2. The maximum atomic E-state index is 11.9. The summed E-state index contributed by atoms with van der Waals surface area (Å²) in [5.74, 6) is 0. The van der Waals surface area contributed by atoms with Crippen molar-refractivity contribution in [3.05, 3.63) is 28.7 Å². The molecule has 0 radical (unpaired) electrons. The lowest BCUT2D eigenvalue weighted by atomic mass is 9.73. The van der Waals surface area contributed by atoms with Gasteiger partial charge in [-0.2, -0.15) is 0 Å². The van der Waals surface area contributed by atoms with E-state index in [-0.39, 0.29) is 11.5 Å². The quantitative estimate of drug-likeness (QED) is 0.775. The molecule has 0 bridgehead atoms. The largest absolute Gasteiger partial charge is 0.444 e. The Morgan fingerprint density at radius 2 is 1.90 bits per heavy atom. The van der Waals surface area contributed by atoms with Crippen LogP contribution >= 0.6 is 15.9 Å². The van der Waals surface area contributed by atoms with E-state index in [4.69, 9.17) is 4.74 Å². The summed E-state index contributed by atoms with van der Waals surface area (Å²) >= 11 is 3.50. The molecule has 1 aromatic carbocycles. The van der Waals surface area contributed by atoms with Gasteiger partial charge in [0.25, 0.3) is 0 Å². The van der Waals surface area contributed by atoms with Crippen LogP contribution in [0.1, 0.15) is 20.8 Å². The lowest BCUT2D eigenvalue weighted by Gasteiger charge is -2.60. The Bertz CT molecular complexity index is 554. The highest BCUT2D eigenvalue weighted by Crippen LogP contribution is 2.42. The summed E-state index contributed by atoms with van der Waals surface area (Å²) < 4.78 is 6.50. The molecule has 0 unspecified atom stereocenters. The smallest absolute Gasteiger partial charge is 0.410 e. The number of hydrogen-bond donors (Lipinski definition) is 0. The van der Waals surface area contributed by atoms with Crippen molar-refractivity contribution in [2.75, 3.05) is 31.1 Å². The molecule has 1 aromatic rings. The van der Waals surface area contributed by atoms with Crippen LogP contribution in [-0.2, 0) is 4.74 Å². The van der Waals surface area contributed by atoms with Gasteiger partial charge in [0.1, 0.15) is 5.60 Å². The Kier molecular flexibility index (Phi) is 3.43. The minimum atomic E-state index is -0.415. The molecule has 2 heterocycles. The minimum Gasteiger partial charge on any atom is -0.444 e. The molecule has 5 heteroatoms. The van der Waals surface area contributed by atoms with Crippen molar-refractivity contribution in [2.24, 2.45) is 5.41 Å². The van der Waals surface area contributed by atoms with Crippen LogP contribution in [0.3, 0.4) is 0 Å². The van der Waals surface area contributed by atoms with Crippen molar-refractivity contribution >= 4 is 27.7 Å². The number of halogens is 1. The first-order valence-electron chi connectivity index (χ1n) is 7.25. The van der Waals surface area contributed by atoms with Crippen molar-refractivity contribution in [1.82, 2.24) is 4.90 Å². The zero-order chi connectivity index (χ0) is 15.3. The second kappa shape index (κ2) is 4.90. The minimum absolute atomic E-state index is 0.186. The fraction of sp³-hybridized carbons (Fsp3) is 0.562. The average molecular weight is 353 g/mol. The van der Waals surface area contributed by atoms with Crippen molar-refractivity contribution in [1.29, 1.82) is 0 Å². The third-order valence-corrected chi connectivity index (χ3v) is 4.42. The molecular weight excluding hydrogens is 332 g/mol. The molecule has 3 rings (SSSR count). The van der Waals surface area contributed by atoms with Crippen LogP contribution in [0, 0.1) is 5.41 Å². The molecule has 1 spiro atoms. The van der Waals surface area contributed by atoms with Crippen LogP contribution < -0.4 is 4.90 Å². The van der Waals surface area contributed by atoms with Crippen molar-refractivity contribution < 1.29 is 9.53 Å². The van der Waals surface area contributed by atoms with Gasteiger partial charge in [-0.3, -0.25) is 0 Å². The molecule has 21 heavy (non-hydrogen) atoms. The standard InChI is InChI=1S/C16H21BrN2O2/c1-15(2,3)21-14(20)19-10-16(11-19)8-18(9-16)13-6-4-5-12(17)7-13/h4-7H,8-11H2,1-3H3. The Labute approximate surface area is 134 Å². The van der Waals surface area contributed by atoms with Crippen molar-refractivity contribution in [3.63, 3.8) is 0 Å². The van der Waals surface area contributed by atoms with E-state index in [0.717, 1.165) is 30.7 Å². The Balaban J connectivity index is 1.51. The van der Waals surface area contributed by atoms with Crippen LogP contribution in [0.25, 0.3) is 0 Å². The van der Waals surface area contributed by atoms with Gasteiger partial charge in [0.15, 0.2) is 0 Å². The molecule has 2 saturated heterocycles. The first-order valence-corrected chi connectivity index (χ1v) is 8.04. The maximum absolute atomic E-state index is 11.9. The monoisotopic (exact) mass is 352 g/mol. The summed E-state index contributed by atoms with van der Waals surface area (Å²) in [6, 6.07) is 8.35. The van der Waals surface area contributed by atoms with E-state index in [2.05, 4.69) is 39.0 Å². The van der Waals surface area contributed by atoms with Crippen LogP contribution in [-0.4, -0.2) is 42.8 Å². The number of likely N-dealkylation sites (tertiary alicyclic amines) is 1. The van der Waals surface area contributed by atoms with E-state index in [1.807, 2.05) is 31.7 Å². The van der Waals surface area contributed by atoms with E-state index in [1.165, 1.54) is 5.69 Å². The fourth-order valence-electron chi connectivity index (χ4n) is 3.04. The maximum Gasteiger partial charge on any atom is 0.410 e. The van der Waals surface area contributed by atoms with E-state index < -0.39 is 5.60 Å². The summed E-state index contributed by atoms with van der Waals surface area (Å²) in [6.45, 7) is 9.36. The average Bonchev–Trinajstić information content (AvgIpc) is 2.22. The summed E-state index contributed by atoms with van der Waals surface area (Å²) in [4.78, 5) is 16.1. The van der Waals surface area contributed by atoms with Gasteiger partial charge in [0, 0.05) is 41.8 Å². The van der Waals surface area contributed by atoms with E-state index in [9.17, 15) is 4.79 Å². The first kappa shape index (κ1) is 14.7. The zero-order valence-corrected chi connectivity index (χ0v) is 14.3. The molecule has 2 fully saturated rings. The molecule has 0 atom stereocenters. The molecule has 114 valence electrons. The third-order valence-electron chi connectivity index (χ3n) is 3.93. The number of hydrogen-bond acceptors (Lipinski definition) is 3. The van der Waals surface area contributed by atoms with Gasteiger partial charge in [-0.1, -0.05) is 22.0 Å². The molecule has 0 aromatic heterocycles. The molecule has 1 amide bonds. The van der Waals surface area contributed by atoms with Gasteiger partial charge in [0.2, 0.25) is 0 Å². The van der Waals surface area contributed by atoms with Crippen molar-refractivity contribution in [3.8, 4) is 0 Å². The molecule has 0 N–H and O–H groups in total. The second-order valence-electron chi connectivity index (χ2n) is 7.17. The van der Waals surface area contributed by atoms with Crippen LogP contribution in [0.4, 0.5) is 10.5 Å². The Morgan fingerprint density at radius 3 is 2.48 bits per heavy atom. The third kappa shape index (κ3) is 3.03. The number of carbonyl (C=O) groups excluding carboxylic acids is 1. The fourth-order valence-corrected chi connectivity index (χ4v) is 3.43. The number of rotatable bonds is 1. The highest BCUT2D eigenvalue weighted by Gasteiger charge is 2.54. The number of anilines is 1. The zero-order valence-electron chi connectivity index (χ0n) is 12.7.